The minimum Gasteiger partial charge on any atom is -0.335 e. The summed E-state index contributed by atoms with van der Waals surface area (Å²) in [7, 11) is 0. The van der Waals surface area contributed by atoms with E-state index in [2.05, 4.69) is 10.6 Å². The number of nitrogens with one attached hydrogen (secondary N) is 2. The maximum absolute atomic E-state index is 13.2. The van der Waals surface area contributed by atoms with E-state index in [9.17, 15) is 9.59 Å². The monoisotopic (exact) mass is 451 g/mol. The number of nitrogens with zero attached hydrogens (tertiary/aromatic N) is 1. The fourth-order valence-corrected chi connectivity index (χ4v) is 4.64. The molecule has 2 heterocycles. The zero-order chi connectivity index (χ0) is 21.6. The van der Waals surface area contributed by atoms with Crippen molar-refractivity contribution in [2.45, 2.75) is 0 Å². The van der Waals surface area contributed by atoms with Crippen molar-refractivity contribution >= 4 is 40.8 Å². The fraction of sp³-hybridized carbons (Fsp3) is 0.167. The fourth-order valence-electron chi connectivity index (χ4n) is 3.35. The molecule has 7 heteroatoms. The van der Waals surface area contributed by atoms with E-state index in [0.29, 0.717) is 23.7 Å². The van der Waals surface area contributed by atoms with E-state index < -0.39 is 0 Å². The number of hydrogen-bond acceptors (Lipinski definition) is 4. The normalized spacial score (nSPS) is 14.4. The highest BCUT2D eigenvalue weighted by Gasteiger charge is 2.22. The Morgan fingerprint density at radius 1 is 0.968 bits per heavy atom. The predicted octanol–water partition coefficient (Wildman–Crippen LogP) is 4.27. The number of benzene rings is 2. The second-order valence-electron chi connectivity index (χ2n) is 7.10. The molecule has 1 aliphatic heterocycles. The van der Waals surface area contributed by atoms with Crippen molar-refractivity contribution in [1.29, 1.82) is 0 Å². The molecule has 31 heavy (non-hydrogen) atoms. The second kappa shape index (κ2) is 9.92. The van der Waals surface area contributed by atoms with Crippen LogP contribution in [0.1, 0.15) is 15.2 Å². The lowest BCUT2D eigenvalue weighted by molar-refractivity contribution is -0.127. The highest BCUT2D eigenvalue weighted by molar-refractivity contribution is 7.16. The molecule has 0 radical (unpaired) electrons. The van der Waals surface area contributed by atoms with Crippen LogP contribution in [0.25, 0.3) is 16.5 Å². The number of hydrogen-bond donors (Lipinski definition) is 2. The minimum atomic E-state index is -0.307. The van der Waals surface area contributed by atoms with Gasteiger partial charge in [-0.05, 0) is 36.4 Å². The van der Waals surface area contributed by atoms with E-state index in [1.165, 1.54) is 11.3 Å². The van der Waals surface area contributed by atoms with Crippen LogP contribution in [-0.4, -0.2) is 42.9 Å². The molecule has 0 bridgehead atoms. The summed E-state index contributed by atoms with van der Waals surface area (Å²) >= 11 is 7.85. The lowest BCUT2D eigenvalue weighted by Gasteiger charge is -2.28. The summed E-state index contributed by atoms with van der Waals surface area (Å²) in [6.07, 6.45) is 1.75. The number of piperazine rings is 1. The average molecular weight is 452 g/mol. The van der Waals surface area contributed by atoms with Gasteiger partial charge in [0.2, 0.25) is 0 Å². The van der Waals surface area contributed by atoms with Crippen LogP contribution in [0.15, 0.2) is 72.4 Å². The van der Waals surface area contributed by atoms with Crippen molar-refractivity contribution < 1.29 is 9.59 Å². The zero-order valence-electron chi connectivity index (χ0n) is 16.8. The van der Waals surface area contributed by atoms with Crippen LogP contribution < -0.4 is 10.6 Å². The van der Waals surface area contributed by atoms with E-state index in [-0.39, 0.29) is 17.5 Å². The summed E-state index contributed by atoms with van der Waals surface area (Å²) in [5, 5.41) is 6.75. The van der Waals surface area contributed by atoms with Gasteiger partial charge in [0.25, 0.3) is 11.8 Å². The summed E-state index contributed by atoms with van der Waals surface area (Å²) in [6.45, 7) is 2.68. The molecule has 2 aromatic carbocycles. The maximum Gasteiger partial charge on any atom is 0.270 e. The van der Waals surface area contributed by atoms with Gasteiger partial charge in [0.05, 0.1) is 0 Å². The second-order valence-corrected chi connectivity index (χ2v) is 8.62. The Kier molecular flexibility index (Phi) is 6.82. The molecule has 0 saturated carbocycles. The third-order valence-corrected chi connectivity index (χ3v) is 6.37. The highest BCUT2D eigenvalue weighted by Crippen LogP contribution is 2.34. The third kappa shape index (κ3) is 5.22. The summed E-state index contributed by atoms with van der Waals surface area (Å²) in [5.74, 6) is -0.489. The first kappa shape index (κ1) is 21.3. The number of carbonyl (C=O) groups excluding carboxylic acids is 2. The Morgan fingerprint density at radius 2 is 1.68 bits per heavy atom. The number of halogens is 1. The molecule has 0 spiro atoms. The van der Waals surface area contributed by atoms with Crippen molar-refractivity contribution in [2.75, 3.05) is 26.2 Å². The van der Waals surface area contributed by atoms with Crippen LogP contribution >= 0.6 is 22.9 Å². The van der Waals surface area contributed by atoms with Crippen molar-refractivity contribution in [1.82, 2.24) is 15.5 Å². The van der Waals surface area contributed by atoms with Crippen LogP contribution in [0.2, 0.25) is 5.02 Å². The van der Waals surface area contributed by atoms with Gasteiger partial charge in [0.15, 0.2) is 0 Å². The van der Waals surface area contributed by atoms with E-state index in [1.807, 2.05) is 42.5 Å². The van der Waals surface area contributed by atoms with E-state index in [1.54, 1.807) is 35.2 Å². The molecule has 3 aromatic rings. The molecule has 1 aliphatic rings. The van der Waals surface area contributed by atoms with Gasteiger partial charge >= 0.3 is 0 Å². The Hall–Kier alpha value is -2.93. The van der Waals surface area contributed by atoms with Gasteiger partial charge in [-0.3, -0.25) is 9.59 Å². The minimum absolute atomic E-state index is 0.182. The van der Waals surface area contributed by atoms with Crippen molar-refractivity contribution in [2.24, 2.45) is 0 Å². The predicted molar refractivity (Wildman–Crippen MR) is 126 cm³/mol. The first-order valence-electron chi connectivity index (χ1n) is 10.0. The van der Waals surface area contributed by atoms with Gasteiger partial charge in [-0.15, -0.1) is 11.3 Å². The number of rotatable bonds is 5. The molecule has 0 unspecified atom stereocenters. The molecule has 2 N–H and O–H groups in total. The van der Waals surface area contributed by atoms with Gasteiger partial charge in [-0.25, -0.2) is 0 Å². The molecule has 5 nitrogen and oxygen atoms in total. The Bertz CT molecular complexity index is 1100. The van der Waals surface area contributed by atoms with Gasteiger partial charge in [-0.1, -0.05) is 48.0 Å². The Balaban J connectivity index is 1.63. The smallest absolute Gasteiger partial charge is 0.270 e. The first-order valence-corrected chi connectivity index (χ1v) is 11.2. The van der Waals surface area contributed by atoms with Crippen LogP contribution in [0, 0.1) is 0 Å². The van der Waals surface area contributed by atoms with Gasteiger partial charge in [0, 0.05) is 52.1 Å². The lowest BCUT2D eigenvalue weighted by Crippen LogP contribution is -2.48. The van der Waals surface area contributed by atoms with E-state index in [4.69, 9.17) is 11.6 Å². The highest BCUT2D eigenvalue weighted by atomic mass is 35.5. The summed E-state index contributed by atoms with van der Waals surface area (Å²) in [5.41, 5.74) is 1.71. The standard InChI is InChI=1S/C24H22ClN3O2S/c25-20-9-5-4-8-19(20)22-11-10-18(31-22)16-21(24(30)28-14-12-26-13-15-28)27-23(29)17-6-2-1-3-7-17/h1-11,16,26H,12-15H2,(H,27,29)/b21-16+. The van der Waals surface area contributed by atoms with Gasteiger partial charge in [-0.2, -0.15) is 0 Å². The molecule has 1 aromatic heterocycles. The topological polar surface area (TPSA) is 61.4 Å². The van der Waals surface area contributed by atoms with Gasteiger partial charge in [0.1, 0.15) is 5.70 Å². The molecule has 158 valence electrons. The SMILES string of the molecule is O=C(N/C(=C/c1ccc(-c2ccccc2Cl)s1)C(=O)N1CCNCC1)c1ccccc1. The third-order valence-electron chi connectivity index (χ3n) is 4.97. The van der Waals surface area contributed by atoms with Gasteiger partial charge < -0.3 is 15.5 Å². The maximum atomic E-state index is 13.2. The van der Waals surface area contributed by atoms with Crippen LogP contribution in [0.5, 0.6) is 0 Å². The van der Waals surface area contributed by atoms with E-state index in [0.717, 1.165) is 28.4 Å². The van der Waals surface area contributed by atoms with Crippen molar-refractivity contribution in [3.63, 3.8) is 0 Å². The molecule has 1 saturated heterocycles. The number of thiophene rings is 1. The number of carbonyl (C=O) groups is 2. The van der Waals surface area contributed by atoms with E-state index >= 15 is 0 Å². The number of amides is 2. The Labute approximate surface area is 190 Å². The molecule has 0 atom stereocenters. The van der Waals surface area contributed by atoms with Crippen LogP contribution in [0.4, 0.5) is 0 Å². The molecular formula is C24H22ClN3O2S. The summed E-state index contributed by atoms with van der Waals surface area (Å²) < 4.78 is 0. The molecule has 1 fully saturated rings. The molecular weight excluding hydrogens is 430 g/mol. The first-order chi connectivity index (χ1) is 15.1. The molecule has 2 amide bonds. The van der Waals surface area contributed by atoms with Crippen molar-refractivity contribution in [3.05, 3.63) is 87.9 Å². The largest absolute Gasteiger partial charge is 0.335 e. The Morgan fingerprint density at radius 3 is 2.42 bits per heavy atom. The average Bonchev–Trinajstić information content (AvgIpc) is 3.28. The van der Waals surface area contributed by atoms with Crippen LogP contribution in [0.3, 0.4) is 0 Å². The quantitative estimate of drug-likeness (QED) is 0.569. The summed E-state index contributed by atoms with van der Waals surface area (Å²) in [4.78, 5) is 29.6. The summed E-state index contributed by atoms with van der Waals surface area (Å²) in [6, 6.07) is 20.5. The zero-order valence-corrected chi connectivity index (χ0v) is 18.4. The van der Waals surface area contributed by atoms with Crippen LogP contribution in [-0.2, 0) is 4.79 Å². The van der Waals surface area contributed by atoms with Crippen molar-refractivity contribution in [3.8, 4) is 10.4 Å². The lowest BCUT2D eigenvalue weighted by atomic mass is 10.2. The molecule has 4 rings (SSSR count). The molecule has 0 aliphatic carbocycles.